The van der Waals surface area contributed by atoms with Crippen molar-refractivity contribution in [2.45, 2.75) is 44.4 Å². The molecule has 2 aromatic rings. The van der Waals surface area contributed by atoms with Crippen LogP contribution in [0.5, 0.6) is 0 Å². The van der Waals surface area contributed by atoms with Crippen molar-refractivity contribution >= 4 is 21.6 Å². The predicted octanol–water partition coefficient (Wildman–Crippen LogP) is 3.11. The van der Waals surface area contributed by atoms with Crippen LogP contribution < -0.4 is 5.32 Å². The maximum Gasteiger partial charge on any atom is 0.294 e. The van der Waals surface area contributed by atoms with Crippen LogP contribution in [-0.4, -0.2) is 36.9 Å². The Hall–Kier alpha value is -2.19. The number of aromatic nitrogens is 1. The lowest BCUT2D eigenvalue weighted by atomic mass is 10.2. The summed E-state index contributed by atoms with van der Waals surface area (Å²) in [7, 11) is -3.59. The molecule has 1 aromatic heterocycles. The van der Waals surface area contributed by atoms with E-state index in [1.165, 1.54) is 12.1 Å². The van der Waals surface area contributed by atoms with Gasteiger partial charge in [-0.1, -0.05) is 24.1 Å². The standard InChI is InChI=1S/C18H23N3O4S/c1-13-7-8-15(19-18(22)16-11-14(2)20-25-16)12-17(13)26(23,24)21-9-5-3-4-6-10-21/h7-8,11-12H,3-6,9-10H2,1-2H3,(H,19,22). The van der Waals surface area contributed by atoms with E-state index in [4.69, 9.17) is 4.52 Å². The van der Waals surface area contributed by atoms with Gasteiger partial charge in [-0.2, -0.15) is 4.31 Å². The highest BCUT2D eigenvalue weighted by molar-refractivity contribution is 7.89. The molecular formula is C18H23N3O4S. The quantitative estimate of drug-likeness (QED) is 0.884. The number of nitrogens with zero attached hydrogens (tertiary/aromatic N) is 2. The normalized spacial score (nSPS) is 16.2. The zero-order valence-electron chi connectivity index (χ0n) is 15.0. The number of amides is 1. The van der Waals surface area contributed by atoms with Gasteiger partial charge in [0.25, 0.3) is 5.91 Å². The van der Waals surface area contributed by atoms with Crippen molar-refractivity contribution < 1.29 is 17.7 Å². The average molecular weight is 377 g/mol. The van der Waals surface area contributed by atoms with Gasteiger partial charge >= 0.3 is 0 Å². The number of hydrogen-bond acceptors (Lipinski definition) is 5. The first-order valence-corrected chi connectivity index (χ1v) is 10.2. The highest BCUT2D eigenvalue weighted by Gasteiger charge is 2.27. The van der Waals surface area contributed by atoms with Crippen LogP contribution >= 0.6 is 0 Å². The lowest BCUT2D eigenvalue weighted by Crippen LogP contribution is -2.32. The van der Waals surface area contributed by atoms with Crippen molar-refractivity contribution in [3.05, 3.63) is 41.3 Å². The van der Waals surface area contributed by atoms with Gasteiger partial charge in [-0.15, -0.1) is 0 Å². The van der Waals surface area contributed by atoms with Crippen molar-refractivity contribution in [2.75, 3.05) is 18.4 Å². The maximum atomic E-state index is 13.1. The first-order chi connectivity index (χ1) is 12.4. The molecule has 0 atom stereocenters. The number of anilines is 1. The molecule has 0 radical (unpaired) electrons. The molecule has 0 unspecified atom stereocenters. The van der Waals surface area contributed by atoms with E-state index in [1.807, 2.05) is 0 Å². The topological polar surface area (TPSA) is 92.5 Å². The average Bonchev–Trinajstić information content (AvgIpc) is 2.86. The van der Waals surface area contributed by atoms with Crippen molar-refractivity contribution in [1.82, 2.24) is 9.46 Å². The summed E-state index contributed by atoms with van der Waals surface area (Å²) in [4.78, 5) is 12.4. The summed E-state index contributed by atoms with van der Waals surface area (Å²) >= 11 is 0. The Balaban J connectivity index is 1.86. The second kappa shape index (κ2) is 7.59. The van der Waals surface area contributed by atoms with Crippen LogP contribution in [0.2, 0.25) is 0 Å². The number of sulfonamides is 1. The van der Waals surface area contributed by atoms with Crippen LogP contribution in [-0.2, 0) is 10.0 Å². The predicted molar refractivity (Wildman–Crippen MR) is 97.6 cm³/mol. The van der Waals surface area contributed by atoms with Crippen LogP contribution in [0.15, 0.2) is 33.7 Å². The van der Waals surface area contributed by atoms with E-state index in [2.05, 4.69) is 10.5 Å². The van der Waals surface area contributed by atoms with Gasteiger partial charge in [-0.05, 0) is 44.4 Å². The summed E-state index contributed by atoms with van der Waals surface area (Å²) in [5.74, 6) is -0.382. The zero-order valence-corrected chi connectivity index (χ0v) is 15.8. The van der Waals surface area contributed by atoms with E-state index in [-0.39, 0.29) is 10.7 Å². The molecule has 1 amide bonds. The van der Waals surface area contributed by atoms with E-state index in [9.17, 15) is 13.2 Å². The Bertz CT molecular complexity index is 897. The second-order valence-corrected chi connectivity index (χ2v) is 8.49. The zero-order chi connectivity index (χ0) is 18.7. The van der Waals surface area contributed by atoms with Gasteiger partial charge in [0.15, 0.2) is 0 Å². The molecule has 3 rings (SSSR count). The van der Waals surface area contributed by atoms with Crippen molar-refractivity contribution in [3.8, 4) is 0 Å². The Morgan fingerprint density at radius 1 is 1.12 bits per heavy atom. The Labute approximate surface area is 153 Å². The first kappa shape index (κ1) is 18.6. The molecule has 1 aliphatic heterocycles. The smallest absolute Gasteiger partial charge is 0.294 e. The molecule has 1 aliphatic rings. The summed E-state index contributed by atoms with van der Waals surface area (Å²) in [6.45, 7) is 4.56. The molecule has 1 aromatic carbocycles. The van der Waals surface area contributed by atoms with Crippen LogP contribution in [0.1, 0.15) is 47.5 Å². The number of carbonyl (C=O) groups excluding carboxylic acids is 1. The number of hydrogen-bond donors (Lipinski definition) is 1. The number of carbonyl (C=O) groups is 1. The lowest BCUT2D eigenvalue weighted by Gasteiger charge is -2.21. The van der Waals surface area contributed by atoms with E-state index in [1.54, 1.807) is 30.3 Å². The minimum atomic E-state index is -3.59. The molecule has 0 aliphatic carbocycles. The molecule has 140 valence electrons. The van der Waals surface area contributed by atoms with Gasteiger partial charge in [-0.25, -0.2) is 8.42 Å². The minimum Gasteiger partial charge on any atom is -0.351 e. The summed E-state index contributed by atoms with van der Waals surface area (Å²) in [5, 5.41) is 6.35. The number of nitrogens with one attached hydrogen (secondary N) is 1. The molecule has 7 nitrogen and oxygen atoms in total. The van der Waals surface area contributed by atoms with Gasteiger partial charge in [0.2, 0.25) is 15.8 Å². The van der Waals surface area contributed by atoms with E-state index < -0.39 is 15.9 Å². The molecule has 0 saturated carbocycles. The SMILES string of the molecule is Cc1cc(C(=O)Nc2ccc(C)c(S(=O)(=O)N3CCCCCC3)c2)on1. The number of rotatable bonds is 4. The van der Waals surface area contributed by atoms with Gasteiger partial charge < -0.3 is 9.84 Å². The van der Waals surface area contributed by atoms with Gasteiger partial charge in [0.1, 0.15) is 0 Å². The van der Waals surface area contributed by atoms with Crippen molar-refractivity contribution in [1.29, 1.82) is 0 Å². The highest BCUT2D eigenvalue weighted by atomic mass is 32.2. The third-order valence-electron chi connectivity index (χ3n) is 4.48. The monoisotopic (exact) mass is 377 g/mol. The second-order valence-electron chi connectivity index (χ2n) is 6.59. The number of aryl methyl sites for hydroxylation is 2. The Kier molecular flexibility index (Phi) is 5.43. The third kappa shape index (κ3) is 3.96. The van der Waals surface area contributed by atoms with Crippen LogP contribution in [0.4, 0.5) is 5.69 Å². The van der Waals surface area contributed by atoms with Crippen molar-refractivity contribution in [2.24, 2.45) is 0 Å². The lowest BCUT2D eigenvalue weighted by molar-refractivity contribution is 0.0988. The first-order valence-electron chi connectivity index (χ1n) is 8.73. The molecule has 26 heavy (non-hydrogen) atoms. The molecule has 0 bridgehead atoms. The van der Waals surface area contributed by atoms with Crippen LogP contribution in [0.25, 0.3) is 0 Å². The van der Waals surface area contributed by atoms with Gasteiger partial charge in [-0.3, -0.25) is 4.79 Å². The molecule has 1 saturated heterocycles. The molecule has 2 heterocycles. The molecular weight excluding hydrogens is 354 g/mol. The maximum absolute atomic E-state index is 13.1. The molecule has 1 N–H and O–H groups in total. The molecule has 0 spiro atoms. The van der Waals surface area contributed by atoms with Crippen LogP contribution in [0.3, 0.4) is 0 Å². The summed E-state index contributed by atoms with van der Waals surface area (Å²) < 4.78 is 32.6. The fraction of sp³-hybridized carbons (Fsp3) is 0.444. The fourth-order valence-corrected chi connectivity index (χ4v) is 4.81. The van der Waals surface area contributed by atoms with E-state index in [0.29, 0.717) is 30.0 Å². The Morgan fingerprint density at radius 3 is 2.42 bits per heavy atom. The van der Waals surface area contributed by atoms with E-state index in [0.717, 1.165) is 25.7 Å². The Morgan fingerprint density at radius 2 is 1.81 bits per heavy atom. The minimum absolute atomic E-state index is 0.0833. The summed E-state index contributed by atoms with van der Waals surface area (Å²) in [6.07, 6.45) is 3.86. The summed E-state index contributed by atoms with van der Waals surface area (Å²) in [6, 6.07) is 6.42. The van der Waals surface area contributed by atoms with Gasteiger partial charge in [0, 0.05) is 24.8 Å². The highest BCUT2D eigenvalue weighted by Crippen LogP contribution is 2.26. The van der Waals surface area contributed by atoms with Crippen molar-refractivity contribution in [3.63, 3.8) is 0 Å². The largest absolute Gasteiger partial charge is 0.351 e. The third-order valence-corrected chi connectivity index (χ3v) is 6.52. The van der Waals surface area contributed by atoms with Crippen LogP contribution in [0, 0.1) is 13.8 Å². The molecule has 1 fully saturated rings. The fourth-order valence-electron chi connectivity index (χ4n) is 3.04. The summed E-state index contributed by atoms with van der Waals surface area (Å²) in [5.41, 5.74) is 1.66. The number of benzene rings is 1. The molecule has 8 heteroatoms. The van der Waals surface area contributed by atoms with Gasteiger partial charge in [0.05, 0.1) is 10.6 Å². The van der Waals surface area contributed by atoms with E-state index >= 15 is 0 Å².